The van der Waals surface area contributed by atoms with Gasteiger partial charge in [-0.3, -0.25) is 0 Å². The first-order valence-corrected chi connectivity index (χ1v) is 6.93. The molecule has 0 bridgehead atoms. The van der Waals surface area contributed by atoms with E-state index in [-0.39, 0.29) is 16.5 Å². The van der Waals surface area contributed by atoms with E-state index >= 15 is 0 Å². The molecule has 19 heavy (non-hydrogen) atoms. The molecular formula is C14H15BrF4. The van der Waals surface area contributed by atoms with Crippen LogP contribution in [0.1, 0.15) is 49.3 Å². The molecule has 1 saturated carbocycles. The van der Waals surface area contributed by atoms with Gasteiger partial charge in [0.2, 0.25) is 0 Å². The zero-order chi connectivity index (χ0) is 14.6. The molecule has 1 aliphatic carbocycles. The highest BCUT2D eigenvalue weighted by Gasteiger charge is 2.44. The molecule has 1 aromatic rings. The zero-order valence-electron chi connectivity index (χ0n) is 11.0. The van der Waals surface area contributed by atoms with E-state index in [0.717, 1.165) is 19.8 Å². The van der Waals surface area contributed by atoms with E-state index in [4.69, 9.17) is 0 Å². The normalized spacial score (nSPS) is 19.4. The van der Waals surface area contributed by atoms with Gasteiger partial charge in [0.25, 0.3) is 0 Å². The van der Waals surface area contributed by atoms with Crippen molar-refractivity contribution in [2.45, 2.75) is 51.1 Å². The van der Waals surface area contributed by atoms with Crippen LogP contribution in [0.5, 0.6) is 0 Å². The van der Waals surface area contributed by atoms with Crippen molar-refractivity contribution in [1.82, 2.24) is 0 Å². The van der Waals surface area contributed by atoms with E-state index in [9.17, 15) is 17.6 Å². The van der Waals surface area contributed by atoms with Crippen molar-refractivity contribution in [3.63, 3.8) is 0 Å². The fourth-order valence-corrected chi connectivity index (χ4v) is 3.15. The van der Waals surface area contributed by atoms with Gasteiger partial charge in [-0.2, -0.15) is 13.2 Å². The fraction of sp³-hybridized carbons (Fsp3) is 0.571. The summed E-state index contributed by atoms with van der Waals surface area (Å²) >= 11 is 3.18. The Morgan fingerprint density at radius 1 is 1.32 bits per heavy atom. The third-order valence-electron chi connectivity index (χ3n) is 4.10. The summed E-state index contributed by atoms with van der Waals surface area (Å²) in [5.74, 6) is -2.23. The Balaban J connectivity index is 2.59. The van der Waals surface area contributed by atoms with Crippen LogP contribution in [-0.4, -0.2) is 6.18 Å². The van der Waals surface area contributed by atoms with Crippen molar-refractivity contribution < 1.29 is 17.6 Å². The maximum absolute atomic E-state index is 14.1. The minimum atomic E-state index is -4.35. The van der Waals surface area contributed by atoms with E-state index in [0.29, 0.717) is 10.0 Å². The van der Waals surface area contributed by atoms with E-state index < -0.39 is 17.9 Å². The van der Waals surface area contributed by atoms with E-state index in [1.54, 1.807) is 0 Å². The lowest BCUT2D eigenvalue weighted by molar-refractivity contribution is -0.146. The molecule has 0 heterocycles. The van der Waals surface area contributed by atoms with Crippen LogP contribution in [0, 0.1) is 12.7 Å². The van der Waals surface area contributed by atoms with Crippen molar-refractivity contribution >= 4 is 15.9 Å². The van der Waals surface area contributed by atoms with Crippen LogP contribution in [0.3, 0.4) is 0 Å². The quantitative estimate of drug-likeness (QED) is 0.614. The first-order valence-electron chi connectivity index (χ1n) is 6.13. The van der Waals surface area contributed by atoms with Gasteiger partial charge in [0, 0.05) is 0 Å². The zero-order valence-corrected chi connectivity index (χ0v) is 12.5. The van der Waals surface area contributed by atoms with Crippen molar-refractivity contribution in [2.75, 3.05) is 0 Å². The summed E-state index contributed by atoms with van der Waals surface area (Å²) in [6.45, 7) is 4.43. The Kier molecular flexibility index (Phi) is 3.49. The number of halogens is 5. The minimum absolute atomic E-state index is 0.0383. The summed E-state index contributed by atoms with van der Waals surface area (Å²) in [5, 5.41) is 0. The smallest absolute Gasteiger partial charge is 0.205 e. The Bertz CT molecular complexity index is 515. The van der Waals surface area contributed by atoms with Crippen LogP contribution in [-0.2, 0) is 5.41 Å². The summed E-state index contributed by atoms with van der Waals surface area (Å²) in [4.78, 5) is 0. The predicted octanol–water partition coefficient (Wildman–Crippen LogP) is 5.61. The summed E-state index contributed by atoms with van der Waals surface area (Å²) < 4.78 is 53.0. The molecule has 0 radical (unpaired) electrons. The van der Waals surface area contributed by atoms with Gasteiger partial charge < -0.3 is 0 Å². The third-order valence-corrected chi connectivity index (χ3v) is 4.87. The molecule has 106 valence electrons. The first-order chi connectivity index (χ1) is 8.58. The lowest BCUT2D eigenvalue weighted by Crippen LogP contribution is -2.20. The van der Waals surface area contributed by atoms with Crippen molar-refractivity contribution in [3.8, 4) is 0 Å². The van der Waals surface area contributed by atoms with Gasteiger partial charge in [0.05, 0.1) is 10.4 Å². The molecule has 0 N–H and O–H groups in total. The van der Waals surface area contributed by atoms with Gasteiger partial charge in [-0.05, 0) is 64.7 Å². The average Bonchev–Trinajstić information content (AvgIpc) is 3.03. The van der Waals surface area contributed by atoms with Gasteiger partial charge >= 0.3 is 6.18 Å². The Morgan fingerprint density at radius 3 is 2.26 bits per heavy atom. The highest BCUT2D eigenvalue weighted by Crippen LogP contribution is 2.52. The summed E-state index contributed by atoms with van der Waals surface area (Å²) in [5.41, 5.74) is 0.579. The van der Waals surface area contributed by atoms with Gasteiger partial charge in [-0.25, -0.2) is 4.39 Å². The third kappa shape index (κ3) is 2.54. The van der Waals surface area contributed by atoms with Gasteiger partial charge in [0.15, 0.2) is 0 Å². The summed E-state index contributed by atoms with van der Waals surface area (Å²) in [6, 6.07) is 1.52. The topological polar surface area (TPSA) is 0 Å². The van der Waals surface area contributed by atoms with Crippen molar-refractivity contribution in [3.05, 3.63) is 33.0 Å². The molecule has 0 aromatic heterocycles. The van der Waals surface area contributed by atoms with Crippen LogP contribution in [0.2, 0.25) is 0 Å². The number of rotatable bonds is 2. The summed E-state index contributed by atoms with van der Waals surface area (Å²) in [7, 11) is 0. The maximum Gasteiger partial charge on any atom is 0.395 e. The number of benzene rings is 1. The van der Waals surface area contributed by atoms with Gasteiger partial charge in [0.1, 0.15) is 5.82 Å². The van der Waals surface area contributed by atoms with Crippen molar-refractivity contribution in [2.24, 2.45) is 0 Å². The molecule has 5 heteroatoms. The van der Waals surface area contributed by atoms with Crippen molar-refractivity contribution in [1.29, 1.82) is 0 Å². The van der Waals surface area contributed by atoms with E-state index in [1.165, 1.54) is 13.0 Å². The molecule has 2 rings (SSSR count). The molecule has 1 atom stereocenters. The molecule has 1 unspecified atom stereocenters. The van der Waals surface area contributed by atoms with Crippen LogP contribution in [0.25, 0.3) is 0 Å². The van der Waals surface area contributed by atoms with E-state index in [2.05, 4.69) is 15.9 Å². The Morgan fingerprint density at radius 2 is 1.84 bits per heavy atom. The molecular weight excluding hydrogens is 324 g/mol. The van der Waals surface area contributed by atoms with E-state index in [1.807, 2.05) is 6.92 Å². The molecule has 1 aliphatic rings. The monoisotopic (exact) mass is 338 g/mol. The lowest BCUT2D eigenvalue weighted by Gasteiger charge is -2.22. The molecule has 0 nitrogen and oxygen atoms in total. The number of hydrogen-bond acceptors (Lipinski definition) is 0. The summed E-state index contributed by atoms with van der Waals surface area (Å²) in [6.07, 6.45) is -2.59. The molecule has 0 amide bonds. The van der Waals surface area contributed by atoms with Gasteiger partial charge in [-0.15, -0.1) is 0 Å². The molecule has 0 aliphatic heterocycles. The van der Waals surface area contributed by atoms with Crippen LogP contribution < -0.4 is 0 Å². The lowest BCUT2D eigenvalue weighted by atomic mass is 9.88. The van der Waals surface area contributed by atoms with Crippen LogP contribution in [0.15, 0.2) is 10.5 Å². The largest absolute Gasteiger partial charge is 0.395 e. The predicted molar refractivity (Wildman–Crippen MR) is 69.9 cm³/mol. The second-order valence-corrected chi connectivity index (χ2v) is 6.38. The van der Waals surface area contributed by atoms with Crippen LogP contribution >= 0.6 is 15.9 Å². The average molecular weight is 339 g/mol. The number of alkyl halides is 3. The van der Waals surface area contributed by atoms with Gasteiger partial charge in [-0.1, -0.05) is 13.0 Å². The highest BCUT2D eigenvalue weighted by molar-refractivity contribution is 9.10. The Hall–Kier alpha value is -0.580. The minimum Gasteiger partial charge on any atom is -0.205 e. The molecule has 0 saturated heterocycles. The number of hydrogen-bond donors (Lipinski definition) is 0. The Labute approximate surface area is 118 Å². The molecule has 0 spiro atoms. The highest BCUT2D eigenvalue weighted by atomic mass is 79.9. The SMILES string of the molecule is Cc1c(C(C)C(F)(F)F)cc(C2(C)CC2)c(Br)c1F. The molecule has 1 aromatic carbocycles. The maximum atomic E-state index is 14.1. The fourth-order valence-electron chi connectivity index (χ4n) is 2.26. The second kappa shape index (κ2) is 4.47. The van der Waals surface area contributed by atoms with Crippen LogP contribution in [0.4, 0.5) is 17.6 Å². The first kappa shape index (κ1) is 14.8. The molecule has 1 fully saturated rings. The standard InChI is InChI=1S/C14H15BrF4/c1-7-9(8(2)14(17,18)19)6-10(11(15)12(7)16)13(3)4-5-13/h6,8H,4-5H2,1-3H3. The second-order valence-electron chi connectivity index (χ2n) is 5.59.